The van der Waals surface area contributed by atoms with Crippen LogP contribution in [0.1, 0.15) is 16.2 Å². The molecule has 0 radical (unpaired) electrons. The van der Waals surface area contributed by atoms with E-state index in [1.807, 2.05) is 0 Å². The Morgan fingerprint density at radius 3 is 2.84 bits per heavy atom. The van der Waals surface area contributed by atoms with Crippen LogP contribution in [0.3, 0.4) is 0 Å². The Labute approximate surface area is 107 Å². The maximum atomic E-state index is 11.9. The molecule has 3 rings (SSSR count). The number of tetrazole rings is 1. The third kappa shape index (κ3) is 2.37. The molecule has 1 amide bonds. The Morgan fingerprint density at radius 1 is 1.21 bits per heavy atom. The van der Waals surface area contributed by atoms with Crippen LogP contribution < -0.4 is 5.32 Å². The van der Waals surface area contributed by atoms with E-state index in [9.17, 15) is 4.79 Å². The van der Waals surface area contributed by atoms with E-state index < -0.39 is 0 Å². The molecule has 8 heteroatoms. The SMILES string of the molecule is O=C(NCc1nn[nH]n1)c1ccc2nccnc2c1. The van der Waals surface area contributed by atoms with Gasteiger partial charge in [-0.25, -0.2) is 0 Å². The Hall–Kier alpha value is -2.90. The first-order chi connectivity index (χ1) is 9.33. The second-order valence-corrected chi connectivity index (χ2v) is 3.77. The average Bonchev–Trinajstić information content (AvgIpc) is 2.97. The van der Waals surface area contributed by atoms with Gasteiger partial charge in [0.25, 0.3) is 5.91 Å². The molecule has 0 saturated carbocycles. The Balaban J connectivity index is 1.77. The van der Waals surface area contributed by atoms with Crippen molar-refractivity contribution in [1.82, 2.24) is 35.9 Å². The number of nitrogens with zero attached hydrogens (tertiary/aromatic N) is 5. The fourth-order valence-corrected chi connectivity index (χ4v) is 1.62. The van der Waals surface area contributed by atoms with Crippen LogP contribution in [0.5, 0.6) is 0 Å². The van der Waals surface area contributed by atoms with E-state index in [2.05, 4.69) is 35.9 Å². The van der Waals surface area contributed by atoms with E-state index in [1.165, 1.54) is 0 Å². The van der Waals surface area contributed by atoms with Crippen molar-refractivity contribution in [2.24, 2.45) is 0 Å². The number of aromatic amines is 1. The highest BCUT2D eigenvalue weighted by molar-refractivity contribution is 5.97. The molecule has 19 heavy (non-hydrogen) atoms. The molecule has 0 unspecified atom stereocenters. The summed E-state index contributed by atoms with van der Waals surface area (Å²) in [5.41, 5.74) is 1.93. The zero-order chi connectivity index (χ0) is 13.1. The largest absolute Gasteiger partial charge is 0.345 e. The molecule has 0 bridgehead atoms. The van der Waals surface area contributed by atoms with Crippen LogP contribution in [-0.2, 0) is 6.54 Å². The number of rotatable bonds is 3. The molecule has 0 aliphatic carbocycles. The zero-order valence-corrected chi connectivity index (χ0v) is 9.74. The molecule has 0 atom stereocenters. The molecule has 94 valence electrons. The number of H-pyrrole nitrogens is 1. The van der Waals surface area contributed by atoms with Crippen molar-refractivity contribution in [1.29, 1.82) is 0 Å². The maximum Gasteiger partial charge on any atom is 0.251 e. The summed E-state index contributed by atoms with van der Waals surface area (Å²) in [4.78, 5) is 20.2. The summed E-state index contributed by atoms with van der Waals surface area (Å²) in [6, 6.07) is 5.14. The molecule has 1 aromatic carbocycles. The van der Waals surface area contributed by atoms with Gasteiger partial charge in [0.1, 0.15) is 0 Å². The molecule has 2 heterocycles. The van der Waals surface area contributed by atoms with E-state index in [1.54, 1.807) is 30.6 Å². The quantitative estimate of drug-likeness (QED) is 0.685. The van der Waals surface area contributed by atoms with E-state index in [-0.39, 0.29) is 12.5 Å². The summed E-state index contributed by atoms with van der Waals surface area (Å²) in [5.74, 6) is 0.200. The molecular formula is C11H9N7O. The Bertz CT molecular complexity index is 710. The van der Waals surface area contributed by atoms with Gasteiger partial charge in [-0.05, 0) is 18.2 Å². The highest BCUT2D eigenvalue weighted by Gasteiger charge is 2.08. The lowest BCUT2D eigenvalue weighted by atomic mass is 10.2. The third-order valence-electron chi connectivity index (χ3n) is 2.53. The zero-order valence-electron chi connectivity index (χ0n) is 9.74. The Kier molecular flexibility index (Phi) is 2.81. The van der Waals surface area contributed by atoms with Crippen LogP contribution >= 0.6 is 0 Å². The number of hydrogen-bond donors (Lipinski definition) is 2. The monoisotopic (exact) mass is 255 g/mol. The highest BCUT2D eigenvalue weighted by atomic mass is 16.1. The summed E-state index contributed by atoms with van der Waals surface area (Å²) in [6.45, 7) is 0.216. The molecule has 2 N–H and O–H groups in total. The van der Waals surface area contributed by atoms with Crippen LogP contribution in [-0.4, -0.2) is 36.5 Å². The minimum absolute atomic E-state index is 0.216. The van der Waals surface area contributed by atoms with Gasteiger partial charge in [0.15, 0.2) is 5.82 Å². The molecule has 0 saturated heterocycles. The summed E-state index contributed by atoms with van der Waals surface area (Å²) < 4.78 is 0. The van der Waals surface area contributed by atoms with Gasteiger partial charge >= 0.3 is 0 Å². The van der Waals surface area contributed by atoms with Crippen molar-refractivity contribution < 1.29 is 4.79 Å². The number of amides is 1. The van der Waals surface area contributed by atoms with Gasteiger partial charge in [0, 0.05) is 18.0 Å². The molecule has 0 fully saturated rings. The lowest BCUT2D eigenvalue weighted by molar-refractivity contribution is 0.0950. The minimum atomic E-state index is -0.225. The van der Waals surface area contributed by atoms with Crippen LogP contribution in [0.15, 0.2) is 30.6 Å². The van der Waals surface area contributed by atoms with Gasteiger partial charge < -0.3 is 5.32 Å². The fraction of sp³-hybridized carbons (Fsp3) is 0.0909. The first kappa shape index (κ1) is 11.2. The van der Waals surface area contributed by atoms with E-state index in [0.717, 1.165) is 5.52 Å². The van der Waals surface area contributed by atoms with Crippen LogP contribution in [0.2, 0.25) is 0 Å². The first-order valence-electron chi connectivity index (χ1n) is 5.54. The van der Waals surface area contributed by atoms with Crippen molar-refractivity contribution in [3.05, 3.63) is 42.0 Å². The van der Waals surface area contributed by atoms with E-state index in [0.29, 0.717) is 16.9 Å². The predicted molar refractivity (Wildman–Crippen MR) is 64.9 cm³/mol. The normalized spacial score (nSPS) is 10.5. The van der Waals surface area contributed by atoms with Crippen LogP contribution in [0.25, 0.3) is 11.0 Å². The average molecular weight is 255 g/mol. The Morgan fingerprint density at radius 2 is 2.05 bits per heavy atom. The number of carbonyl (C=O) groups is 1. The second-order valence-electron chi connectivity index (χ2n) is 3.77. The molecule has 2 aromatic heterocycles. The fourth-order valence-electron chi connectivity index (χ4n) is 1.62. The first-order valence-corrected chi connectivity index (χ1v) is 5.54. The second kappa shape index (κ2) is 4.77. The lowest BCUT2D eigenvalue weighted by Gasteiger charge is -2.03. The lowest BCUT2D eigenvalue weighted by Crippen LogP contribution is -2.23. The summed E-state index contributed by atoms with van der Waals surface area (Å²) in [5, 5.41) is 15.9. The number of aromatic nitrogens is 6. The third-order valence-corrected chi connectivity index (χ3v) is 2.53. The van der Waals surface area contributed by atoms with Crippen molar-refractivity contribution in [3.8, 4) is 0 Å². The smallest absolute Gasteiger partial charge is 0.251 e. The number of carbonyl (C=O) groups excluding carboxylic acids is 1. The van der Waals surface area contributed by atoms with Crippen LogP contribution in [0.4, 0.5) is 0 Å². The van der Waals surface area contributed by atoms with Gasteiger partial charge in [-0.2, -0.15) is 5.21 Å². The summed E-state index contributed by atoms with van der Waals surface area (Å²) in [7, 11) is 0. The molecular weight excluding hydrogens is 246 g/mol. The van der Waals surface area contributed by atoms with Gasteiger partial charge in [-0.15, -0.1) is 10.2 Å². The molecule has 0 aliphatic heterocycles. The number of benzene rings is 1. The summed E-state index contributed by atoms with van der Waals surface area (Å²) in [6.07, 6.45) is 3.20. The minimum Gasteiger partial charge on any atom is -0.345 e. The molecule has 0 spiro atoms. The predicted octanol–water partition coefficient (Wildman–Crippen LogP) is 0.0729. The van der Waals surface area contributed by atoms with Gasteiger partial charge in [-0.3, -0.25) is 14.8 Å². The summed E-state index contributed by atoms with van der Waals surface area (Å²) >= 11 is 0. The van der Waals surface area contributed by atoms with Crippen molar-refractivity contribution in [2.75, 3.05) is 0 Å². The topological polar surface area (TPSA) is 109 Å². The standard InChI is InChI=1S/C11H9N7O/c19-11(14-6-10-15-17-18-16-10)7-1-2-8-9(5-7)13-4-3-12-8/h1-5H,6H2,(H,14,19)(H,15,16,17,18). The van der Waals surface area contributed by atoms with Gasteiger partial charge in [0.05, 0.1) is 17.6 Å². The highest BCUT2D eigenvalue weighted by Crippen LogP contribution is 2.10. The van der Waals surface area contributed by atoms with Crippen molar-refractivity contribution >= 4 is 16.9 Å². The van der Waals surface area contributed by atoms with Gasteiger partial charge in [-0.1, -0.05) is 5.21 Å². The molecule has 8 nitrogen and oxygen atoms in total. The van der Waals surface area contributed by atoms with Gasteiger partial charge in [0.2, 0.25) is 0 Å². The van der Waals surface area contributed by atoms with E-state index in [4.69, 9.17) is 0 Å². The number of hydrogen-bond acceptors (Lipinski definition) is 6. The molecule has 3 aromatic rings. The molecule has 0 aliphatic rings. The number of nitrogens with one attached hydrogen (secondary N) is 2. The van der Waals surface area contributed by atoms with E-state index >= 15 is 0 Å². The maximum absolute atomic E-state index is 11.9. The number of fused-ring (bicyclic) bond motifs is 1. The van der Waals surface area contributed by atoms with Crippen LogP contribution in [0, 0.1) is 0 Å². The van der Waals surface area contributed by atoms with Crippen molar-refractivity contribution in [2.45, 2.75) is 6.54 Å². The van der Waals surface area contributed by atoms with Crippen molar-refractivity contribution in [3.63, 3.8) is 0 Å².